The number of ether oxygens (including phenoxy) is 1. The van der Waals surface area contributed by atoms with Crippen LogP contribution in [0.1, 0.15) is 12.5 Å². The Morgan fingerprint density at radius 3 is 2.43 bits per heavy atom. The molecule has 1 unspecified atom stereocenters. The minimum Gasteiger partial charge on any atom is -0.481 e. The third kappa shape index (κ3) is 4.02. The predicted octanol–water partition coefficient (Wildman–Crippen LogP) is 3.68. The maximum atomic E-state index is 13.4. The standard InChI is InChI=1S/C16H15F2NO2/c1-10-3-6-13(7-4-10)21-11(2)16(20)19-15-8-5-12(17)9-14(15)18/h3-9,11H,1-2H3,(H,19,20). The SMILES string of the molecule is Cc1ccc(OC(C)C(=O)Nc2ccc(F)cc2F)cc1. The number of benzene rings is 2. The van der Waals surface area contributed by atoms with Gasteiger partial charge in [-0.25, -0.2) is 8.78 Å². The number of anilines is 1. The van der Waals surface area contributed by atoms with Gasteiger partial charge in [0.25, 0.3) is 5.91 Å². The van der Waals surface area contributed by atoms with Crippen molar-refractivity contribution in [3.63, 3.8) is 0 Å². The van der Waals surface area contributed by atoms with Gasteiger partial charge in [0.05, 0.1) is 5.69 Å². The molecule has 2 rings (SSSR count). The molecule has 0 aromatic heterocycles. The van der Waals surface area contributed by atoms with E-state index in [1.54, 1.807) is 19.1 Å². The largest absolute Gasteiger partial charge is 0.481 e. The van der Waals surface area contributed by atoms with Gasteiger partial charge in [-0.05, 0) is 38.1 Å². The summed E-state index contributed by atoms with van der Waals surface area (Å²) < 4.78 is 31.7. The molecule has 0 heterocycles. The maximum Gasteiger partial charge on any atom is 0.265 e. The van der Waals surface area contributed by atoms with Gasteiger partial charge in [0.15, 0.2) is 6.10 Å². The molecule has 1 amide bonds. The monoisotopic (exact) mass is 291 g/mol. The van der Waals surface area contributed by atoms with Crippen LogP contribution in [-0.4, -0.2) is 12.0 Å². The molecule has 0 spiro atoms. The number of carbonyl (C=O) groups is 1. The molecule has 2 aromatic rings. The van der Waals surface area contributed by atoms with Gasteiger partial charge in [-0.2, -0.15) is 0 Å². The summed E-state index contributed by atoms with van der Waals surface area (Å²) in [6.07, 6.45) is -0.808. The molecule has 0 radical (unpaired) electrons. The Bertz CT molecular complexity index is 641. The van der Waals surface area contributed by atoms with Gasteiger partial charge < -0.3 is 10.1 Å². The molecule has 21 heavy (non-hydrogen) atoms. The van der Waals surface area contributed by atoms with E-state index in [9.17, 15) is 13.6 Å². The van der Waals surface area contributed by atoms with Gasteiger partial charge in [0, 0.05) is 6.07 Å². The van der Waals surface area contributed by atoms with Crippen molar-refractivity contribution in [1.82, 2.24) is 0 Å². The summed E-state index contributed by atoms with van der Waals surface area (Å²) in [5.41, 5.74) is 0.994. The number of amides is 1. The van der Waals surface area contributed by atoms with E-state index in [1.807, 2.05) is 19.1 Å². The first-order chi connectivity index (χ1) is 9.95. The lowest BCUT2D eigenvalue weighted by Crippen LogP contribution is -2.30. The zero-order valence-electron chi connectivity index (χ0n) is 11.7. The summed E-state index contributed by atoms with van der Waals surface area (Å²) >= 11 is 0. The van der Waals surface area contributed by atoms with Crippen LogP contribution in [0.3, 0.4) is 0 Å². The van der Waals surface area contributed by atoms with Crippen molar-refractivity contribution in [2.45, 2.75) is 20.0 Å². The minimum atomic E-state index is -0.828. The van der Waals surface area contributed by atoms with Crippen LogP contribution in [0, 0.1) is 18.6 Å². The molecule has 0 saturated heterocycles. The van der Waals surface area contributed by atoms with Crippen LogP contribution in [0.5, 0.6) is 5.75 Å². The molecule has 0 bridgehead atoms. The van der Waals surface area contributed by atoms with Gasteiger partial charge in [-0.15, -0.1) is 0 Å². The van der Waals surface area contributed by atoms with Crippen molar-refractivity contribution >= 4 is 11.6 Å². The van der Waals surface area contributed by atoms with Crippen LogP contribution in [-0.2, 0) is 4.79 Å². The highest BCUT2D eigenvalue weighted by Crippen LogP contribution is 2.17. The quantitative estimate of drug-likeness (QED) is 0.933. The first-order valence-corrected chi connectivity index (χ1v) is 6.45. The number of halogens is 2. The third-order valence-electron chi connectivity index (χ3n) is 2.89. The fourth-order valence-corrected chi connectivity index (χ4v) is 1.70. The van der Waals surface area contributed by atoms with Crippen LogP contribution in [0.4, 0.5) is 14.5 Å². The Hall–Kier alpha value is -2.43. The molecular weight excluding hydrogens is 276 g/mol. The van der Waals surface area contributed by atoms with Gasteiger partial charge in [0.1, 0.15) is 17.4 Å². The van der Waals surface area contributed by atoms with Crippen LogP contribution in [0.15, 0.2) is 42.5 Å². The van der Waals surface area contributed by atoms with E-state index in [1.165, 1.54) is 6.07 Å². The number of hydrogen-bond donors (Lipinski definition) is 1. The second kappa shape index (κ2) is 6.35. The lowest BCUT2D eigenvalue weighted by Gasteiger charge is -2.15. The first kappa shape index (κ1) is 15.0. The van der Waals surface area contributed by atoms with Crippen molar-refractivity contribution in [2.24, 2.45) is 0 Å². The summed E-state index contributed by atoms with van der Waals surface area (Å²) in [5.74, 6) is -1.50. The van der Waals surface area contributed by atoms with Crippen molar-refractivity contribution in [2.75, 3.05) is 5.32 Å². The Kier molecular flexibility index (Phi) is 4.52. The lowest BCUT2D eigenvalue weighted by atomic mass is 10.2. The first-order valence-electron chi connectivity index (χ1n) is 6.45. The second-order valence-electron chi connectivity index (χ2n) is 4.69. The van der Waals surface area contributed by atoms with Crippen LogP contribution >= 0.6 is 0 Å². The van der Waals surface area contributed by atoms with E-state index in [-0.39, 0.29) is 5.69 Å². The van der Waals surface area contributed by atoms with E-state index in [0.717, 1.165) is 11.6 Å². The highest BCUT2D eigenvalue weighted by atomic mass is 19.1. The summed E-state index contributed by atoms with van der Waals surface area (Å²) in [7, 11) is 0. The minimum absolute atomic E-state index is 0.0826. The number of hydrogen-bond acceptors (Lipinski definition) is 2. The topological polar surface area (TPSA) is 38.3 Å². The molecule has 0 aliphatic carbocycles. The average Bonchev–Trinajstić information content (AvgIpc) is 2.44. The Balaban J connectivity index is 2.00. The van der Waals surface area contributed by atoms with Gasteiger partial charge >= 0.3 is 0 Å². The normalized spacial score (nSPS) is 11.8. The van der Waals surface area contributed by atoms with E-state index >= 15 is 0 Å². The van der Waals surface area contributed by atoms with E-state index in [4.69, 9.17) is 4.74 Å². The van der Waals surface area contributed by atoms with Crippen molar-refractivity contribution in [3.05, 3.63) is 59.7 Å². The molecule has 0 aliphatic heterocycles. The van der Waals surface area contributed by atoms with Gasteiger partial charge in [0.2, 0.25) is 0 Å². The molecule has 0 saturated carbocycles. The van der Waals surface area contributed by atoms with E-state index < -0.39 is 23.6 Å². The van der Waals surface area contributed by atoms with Crippen LogP contribution in [0.25, 0.3) is 0 Å². The highest BCUT2D eigenvalue weighted by molar-refractivity contribution is 5.94. The van der Waals surface area contributed by atoms with Crippen molar-refractivity contribution in [3.8, 4) is 5.75 Å². The molecule has 3 nitrogen and oxygen atoms in total. The number of aryl methyl sites for hydroxylation is 1. The highest BCUT2D eigenvalue weighted by Gasteiger charge is 2.16. The molecule has 110 valence electrons. The lowest BCUT2D eigenvalue weighted by molar-refractivity contribution is -0.122. The zero-order chi connectivity index (χ0) is 15.4. The summed E-state index contributed by atoms with van der Waals surface area (Å²) in [6, 6.07) is 10.2. The molecule has 0 aliphatic rings. The zero-order valence-corrected chi connectivity index (χ0v) is 11.7. The molecular formula is C16H15F2NO2. The van der Waals surface area contributed by atoms with E-state index in [2.05, 4.69) is 5.32 Å². The van der Waals surface area contributed by atoms with Crippen molar-refractivity contribution < 1.29 is 18.3 Å². The second-order valence-corrected chi connectivity index (χ2v) is 4.69. The number of carbonyl (C=O) groups excluding carboxylic acids is 1. The smallest absolute Gasteiger partial charge is 0.265 e. The number of nitrogens with one attached hydrogen (secondary N) is 1. The Labute approximate surface area is 121 Å². The van der Waals surface area contributed by atoms with Crippen molar-refractivity contribution in [1.29, 1.82) is 0 Å². The summed E-state index contributed by atoms with van der Waals surface area (Å²) in [6.45, 7) is 3.49. The van der Waals surface area contributed by atoms with Gasteiger partial charge in [-0.3, -0.25) is 4.79 Å². The summed E-state index contributed by atoms with van der Waals surface area (Å²) in [5, 5.41) is 2.36. The Morgan fingerprint density at radius 2 is 1.81 bits per heavy atom. The average molecular weight is 291 g/mol. The third-order valence-corrected chi connectivity index (χ3v) is 2.89. The van der Waals surface area contributed by atoms with Gasteiger partial charge in [-0.1, -0.05) is 17.7 Å². The number of rotatable bonds is 4. The molecule has 1 atom stereocenters. The molecule has 1 N–H and O–H groups in total. The maximum absolute atomic E-state index is 13.4. The fraction of sp³-hybridized carbons (Fsp3) is 0.188. The van der Waals surface area contributed by atoms with Crippen LogP contribution < -0.4 is 10.1 Å². The fourth-order valence-electron chi connectivity index (χ4n) is 1.70. The van der Waals surface area contributed by atoms with E-state index in [0.29, 0.717) is 11.8 Å². The molecule has 0 fully saturated rings. The summed E-state index contributed by atoms with van der Waals surface area (Å²) in [4.78, 5) is 11.9. The Morgan fingerprint density at radius 1 is 1.14 bits per heavy atom. The predicted molar refractivity (Wildman–Crippen MR) is 76.3 cm³/mol. The molecule has 5 heteroatoms. The molecule has 2 aromatic carbocycles. The van der Waals surface area contributed by atoms with Crippen LogP contribution in [0.2, 0.25) is 0 Å².